The predicted octanol–water partition coefficient (Wildman–Crippen LogP) is 2.38. The lowest BCUT2D eigenvalue weighted by Crippen LogP contribution is -2.27. The Hall–Kier alpha value is -1.75. The van der Waals surface area contributed by atoms with Crippen molar-refractivity contribution in [3.63, 3.8) is 0 Å². The van der Waals surface area contributed by atoms with Crippen LogP contribution in [0.4, 0.5) is 0 Å². The Kier molecular flexibility index (Phi) is 4.04. The number of carbonyl (C=O) groups is 1. The van der Waals surface area contributed by atoms with Crippen molar-refractivity contribution in [2.45, 2.75) is 19.8 Å². The molecule has 0 aliphatic rings. The van der Waals surface area contributed by atoms with Gasteiger partial charge in [0.05, 0.1) is 5.69 Å². The van der Waals surface area contributed by atoms with Crippen LogP contribution >= 0.6 is 11.5 Å². The molecule has 1 aromatic carbocycles. The van der Waals surface area contributed by atoms with Gasteiger partial charge >= 0.3 is 0 Å². The molecule has 0 saturated carbocycles. The Morgan fingerprint density at radius 1 is 1.39 bits per heavy atom. The molecular formula is C13H15N3OS. The summed E-state index contributed by atoms with van der Waals surface area (Å²) in [7, 11) is 0. The zero-order valence-corrected chi connectivity index (χ0v) is 11.2. The van der Waals surface area contributed by atoms with Gasteiger partial charge in [0.25, 0.3) is 5.91 Å². The smallest absolute Gasteiger partial charge is 0.264 e. The summed E-state index contributed by atoms with van der Waals surface area (Å²) in [5.41, 5.74) is 1.90. The van der Waals surface area contributed by atoms with E-state index in [1.165, 1.54) is 5.56 Å². The van der Waals surface area contributed by atoms with E-state index in [-0.39, 0.29) is 11.8 Å². The molecular weight excluding hydrogens is 246 g/mol. The number of amides is 1. The average molecular weight is 261 g/mol. The fraction of sp³-hybridized carbons (Fsp3) is 0.308. The Bertz CT molecular complexity index is 524. The SMILES string of the molecule is Cc1nnsc1C(=O)NC[C@@H](C)c1ccccc1. The Labute approximate surface area is 110 Å². The van der Waals surface area contributed by atoms with Crippen molar-refractivity contribution in [1.29, 1.82) is 0 Å². The van der Waals surface area contributed by atoms with E-state index in [1.54, 1.807) is 6.92 Å². The van der Waals surface area contributed by atoms with Crippen LogP contribution < -0.4 is 5.32 Å². The first kappa shape index (κ1) is 12.7. The molecule has 2 rings (SSSR count). The normalized spacial score (nSPS) is 12.1. The molecule has 0 radical (unpaired) electrons. The molecule has 2 aromatic rings. The first-order valence-electron chi connectivity index (χ1n) is 5.80. The number of aromatic nitrogens is 2. The number of rotatable bonds is 4. The van der Waals surface area contributed by atoms with E-state index in [9.17, 15) is 4.79 Å². The summed E-state index contributed by atoms with van der Waals surface area (Å²) in [4.78, 5) is 12.5. The number of benzene rings is 1. The highest BCUT2D eigenvalue weighted by molar-refractivity contribution is 7.07. The van der Waals surface area contributed by atoms with E-state index in [0.29, 0.717) is 17.1 Å². The van der Waals surface area contributed by atoms with Gasteiger partial charge in [-0.05, 0) is 29.9 Å². The molecule has 18 heavy (non-hydrogen) atoms. The molecule has 0 aliphatic heterocycles. The van der Waals surface area contributed by atoms with Gasteiger partial charge in [0.15, 0.2) is 0 Å². The van der Waals surface area contributed by atoms with Crippen molar-refractivity contribution in [2.24, 2.45) is 0 Å². The summed E-state index contributed by atoms with van der Waals surface area (Å²) in [5, 5.41) is 6.75. The van der Waals surface area contributed by atoms with Crippen LogP contribution in [-0.2, 0) is 0 Å². The summed E-state index contributed by atoms with van der Waals surface area (Å²) in [5.74, 6) is 0.196. The number of aryl methyl sites for hydroxylation is 1. The minimum atomic E-state index is -0.0923. The van der Waals surface area contributed by atoms with Gasteiger partial charge in [0.2, 0.25) is 0 Å². The first-order chi connectivity index (χ1) is 8.68. The van der Waals surface area contributed by atoms with Crippen LogP contribution in [0.25, 0.3) is 0 Å². The van der Waals surface area contributed by atoms with E-state index in [4.69, 9.17) is 0 Å². The highest BCUT2D eigenvalue weighted by Crippen LogP contribution is 2.14. The van der Waals surface area contributed by atoms with Gasteiger partial charge < -0.3 is 5.32 Å². The summed E-state index contributed by atoms with van der Waals surface area (Å²) in [6, 6.07) is 10.1. The number of carbonyl (C=O) groups excluding carboxylic acids is 1. The second-order valence-electron chi connectivity index (χ2n) is 4.21. The lowest BCUT2D eigenvalue weighted by atomic mass is 10.0. The Morgan fingerprint density at radius 3 is 2.72 bits per heavy atom. The van der Waals surface area contributed by atoms with Gasteiger partial charge in [-0.2, -0.15) is 0 Å². The molecule has 1 atom stereocenters. The van der Waals surface area contributed by atoms with Crippen molar-refractivity contribution in [1.82, 2.24) is 14.9 Å². The summed E-state index contributed by atoms with van der Waals surface area (Å²) in [6.07, 6.45) is 0. The second kappa shape index (κ2) is 5.73. The minimum Gasteiger partial charge on any atom is -0.351 e. The molecule has 1 amide bonds. The van der Waals surface area contributed by atoms with Gasteiger partial charge in [-0.25, -0.2) is 0 Å². The topological polar surface area (TPSA) is 54.9 Å². The third-order valence-electron chi connectivity index (χ3n) is 2.80. The van der Waals surface area contributed by atoms with Gasteiger partial charge in [0.1, 0.15) is 4.88 Å². The molecule has 1 N–H and O–H groups in total. The zero-order chi connectivity index (χ0) is 13.0. The second-order valence-corrected chi connectivity index (χ2v) is 4.96. The third kappa shape index (κ3) is 2.92. The highest BCUT2D eigenvalue weighted by Gasteiger charge is 2.14. The van der Waals surface area contributed by atoms with E-state index < -0.39 is 0 Å². The Balaban J connectivity index is 1.93. The van der Waals surface area contributed by atoms with Gasteiger partial charge in [-0.15, -0.1) is 5.10 Å². The van der Waals surface area contributed by atoms with Crippen molar-refractivity contribution in [3.8, 4) is 0 Å². The number of nitrogens with zero attached hydrogens (tertiary/aromatic N) is 2. The lowest BCUT2D eigenvalue weighted by Gasteiger charge is -2.12. The van der Waals surface area contributed by atoms with Gasteiger partial charge in [0, 0.05) is 6.54 Å². The Morgan fingerprint density at radius 2 is 2.11 bits per heavy atom. The van der Waals surface area contributed by atoms with Crippen LogP contribution in [-0.4, -0.2) is 22.0 Å². The predicted molar refractivity (Wildman–Crippen MR) is 71.8 cm³/mol. The monoisotopic (exact) mass is 261 g/mol. The molecule has 0 spiro atoms. The minimum absolute atomic E-state index is 0.0923. The highest BCUT2D eigenvalue weighted by atomic mass is 32.1. The molecule has 0 saturated heterocycles. The fourth-order valence-corrected chi connectivity index (χ4v) is 2.24. The molecule has 4 nitrogen and oxygen atoms in total. The van der Waals surface area contributed by atoms with Crippen molar-refractivity contribution in [2.75, 3.05) is 6.54 Å². The maximum atomic E-state index is 11.9. The lowest BCUT2D eigenvalue weighted by molar-refractivity contribution is 0.0955. The molecule has 0 fully saturated rings. The van der Waals surface area contributed by atoms with Crippen LogP contribution in [0.1, 0.15) is 33.8 Å². The van der Waals surface area contributed by atoms with Crippen LogP contribution in [0, 0.1) is 6.92 Å². The van der Waals surface area contributed by atoms with Crippen LogP contribution in [0.3, 0.4) is 0 Å². The van der Waals surface area contributed by atoms with Crippen LogP contribution in [0.2, 0.25) is 0 Å². The molecule has 0 bridgehead atoms. The first-order valence-corrected chi connectivity index (χ1v) is 6.58. The fourth-order valence-electron chi connectivity index (χ4n) is 1.67. The van der Waals surface area contributed by atoms with E-state index in [0.717, 1.165) is 11.5 Å². The molecule has 0 unspecified atom stereocenters. The summed E-state index contributed by atoms with van der Waals surface area (Å²) < 4.78 is 3.76. The molecule has 1 aromatic heterocycles. The molecule has 1 heterocycles. The van der Waals surface area contributed by atoms with E-state index in [2.05, 4.69) is 34.0 Å². The van der Waals surface area contributed by atoms with Crippen LogP contribution in [0.5, 0.6) is 0 Å². The zero-order valence-electron chi connectivity index (χ0n) is 10.4. The number of nitrogens with one attached hydrogen (secondary N) is 1. The molecule has 5 heteroatoms. The maximum Gasteiger partial charge on any atom is 0.264 e. The molecule has 94 valence electrons. The quantitative estimate of drug-likeness (QED) is 0.919. The van der Waals surface area contributed by atoms with Crippen molar-refractivity contribution < 1.29 is 4.79 Å². The molecule has 0 aliphatic carbocycles. The third-order valence-corrected chi connectivity index (χ3v) is 3.62. The largest absolute Gasteiger partial charge is 0.351 e. The maximum absolute atomic E-state index is 11.9. The van der Waals surface area contributed by atoms with Crippen molar-refractivity contribution >= 4 is 17.4 Å². The van der Waals surface area contributed by atoms with Crippen molar-refractivity contribution in [3.05, 3.63) is 46.5 Å². The summed E-state index contributed by atoms with van der Waals surface area (Å²) in [6.45, 7) is 4.49. The number of hydrogen-bond acceptors (Lipinski definition) is 4. The van der Waals surface area contributed by atoms with E-state index >= 15 is 0 Å². The van der Waals surface area contributed by atoms with Crippen LogP contribution in [0.15, 0.2) is 30.3 Å². The number of hydrogen-bond donors (Lipinski definition) is 1. The standard InChI is InChI=1S/C13H15N3OS/c1-9(11-6-4-3-5-7-11)8-14-13(17)12-10(2)15-16-18-12/h3-7,9H,8H2,1-2H3,(H,14,17)/t9-/m1/s1. The average Bonchev–Trinajstić information content (AvgIpc) is 2.83. The van der Waals surface area contributed by atoms with Gasteiger partial charge in [-0.3, -0.25) is 4.79 Å². The van der Waals surface area contributed by atoms with Gasteiger partial charge in [-0.1, -0.05) is 41.7 Å². The summed E-state index contributed by atoms with van der Waals surface area (Å²) >= 11 is 1.13. The van der Waals surface area contributed by atoms with E-state index in [1.807, 2.05) is 18.2 Å².